The average molecular weight is 226 g/mol. The minimum Gasteiger partial charge on any atom is -0.355 e. The number of hydrogen-bond donors (Lipinski definition) is 1. The summed E-state index contributed by atoms with van der Waals surface area (Å²) >= 11 is 5.10. The monoisotopic (exact) mass is 226 g/mol. The fourth-order valence-electron chi connectivity index (χ4n) is 1.79. The molecule has 2 atom stereocenters. The van der Waals surface area contributed by atoms with Gasteiger partial charge >= 0.3 is 0 Å². The first-order chi connectivity index (χ1) is 7.08. The Hall–Kier alpha value is -0.940. The number of rotatable bonds is 1. The summed E-state index contributed by atoms with van der Waals surface area (Å²) < 4.78 is 7.96. The van der Waals surface area contributed by atoms with Gasteiger partial charge in [-0.3, -0.25) is 14.3 Å². The smallest absolute Gasteiger partial charge is 0.254 e. The van der Waals surface area contributed by atoms with E-state index in [0.29, 0.717) is 10.3 Å². The van der Waals surface area contributed by atoms with E-state index in [4.69, 9.17) is 17.0 Å². The molecule has 0 aromatic carbocycles. The van der Waals surface area contributed by atoms with Gasteiger partial charge < -0.3 is 4.74 Å². The molecule has 0 amide bonds. The number of aryl methyl sites for hydroxylation is 1. The molecule has 2 heterocycles. The molecule has 1 aliphatic rings. The van der Waals surface area contributed by atoms with Crippen molar-refractivity contribution in [3.8, 4) is 0 Å². The maximum atomic E-state index is 11.3. The molecule has 15 heavy (non-hydrogen) atoms. The van der Waals surface area contributed by atoms with Crippen LogP contribution in [-0.2, 0) is 4.74 Å². The average Bonchev–Trinajstić information content (AvgIpc) is 2.58. The second-order valence-electron chi connectivity index (χ2n) is 3.96. The van der Waals surface area contributed by atoms with E-state index in [9.17, 15) is 4.79 Å². The molecule has 0 aliphatic carbocycles. The summed E-state index contributed by atoms with van der Waals surface area (Å²) in [6.07, 6.45) is 3.99. The standard InChI is InChI=1S/C10H14N2O2S/c1-6-5-12(10(15)11-9(6)13)8-4-3-7(2)14-8/h5,7-8H,3-4H2,1-2H3,(H,11,13,15)/t7-,8-/m1/s1. The van der Waals surface area contributed by atoms with Crippen LogP contribution in [0.15, 0.2) is 11.0 Å². The molecule has 1 fully saturated rings. The molecule has 1 aromatic rings. The summed E-state index contributed by atoms with van der Waals surface area (Å²) in [5, 5.41) is 0. The van der Waals surface area contributed by atoms with Gasteiger partial charge in [0.05, 0.1) is 6.10 Å². The Bertz CT molecular complexity index is 477. The summed E-state index contributed by atoms with van der Waals surface area (Å²) in [5.74, 6) is 0. The molecule has 4 nitrogen and oxygen atoms in total. The van der Waals surface area contributed by atoms with Gasteiger partial charge in [0.2, 0.25) is 0 Å². The van der Waals surface area contributed by atoms with Gasteiger partial charge in [-0.2, -0.15) is 0 Å². The molecular formula is C10H14N2O2S. The minimum atomic E-state index is -0.123. The van der Waals surface area contributed by atoms with Crippen molar-refractivity contribution in [1.82, 2.24) is 9.55 Å². The van der Waals surface area contributed by atoms with Gasteiger partial charge in [-0.1, -0.05) is 0 Å². The fourth-order valence-corrected chi connectivity index (χ4v) is 2.05. The van der Waals surface area contributed by atoms with Crippen molar-refractivity contribution in [3.05, 3.63) is 26.9 Å². The predicted molar refractivity (Wildman–Crippen MR) is 59.4 cm³/mol. The molecule has 82 valence electrons. The van der Waals surface area contributed by atoms with Gasteiger partial charge in [-0.05, 0) is 38.9 Å². The lowest BCUT2D eigenvalue weighted by molar-refractivity contribution is 0.00900. The van der Waals surface area contributed by atoms with E-state index in [1.54, 1.807) is 13.1 Å². The van der Waals surface area contributed by atoms with E-state index >= 15 is 0 Å². The number of ether oxygens (including phenoxy) is 1. The number of nitrogens with one attached hydrogen (secondary N) is 1. The lowest BCUT2D eigenvalue weighted by Gasteiger charge is -2.15. The third kappa shape index (κ3) is 2.03. The zero-order valence-corrected chi connectivity index (χ0v) is 9.63. The van der Waals surface area contributed by atoms with E-state index in [0.717, 1.165) is 12.8 Å². The Morgan fingerprint density at radius 1 is 1.60 bits per heavy atom. The van der Waals surface area contributed by atoms with Crippen LogP contribution in [0.2, 0.25) is 0 Å². The molecule has 1 aromatic heterocycles. The molecule has 1 aliphatic heterocycles. The zero-order valence-electron chi connectivity index (χ0n) is 8.82. The molecule has 5 heteroatoms. The Balaban J connectivity index is 2.41. The van der Waals surface area contributed by atoms with Crippen LogP contribution in [0.25, 0.3) is 0 Å². The van der Waals surface area contributed by atoms with Gasteiger partial charge in [-0.15, -0.1) is 0 Å². The lowest BCUT2D eigenvalue weighted by atomic mass is 10.2. The highest BCUT2D eigenvalue weighted by Crippen LogP contribution is 2.27. The predicted octanol–water partition coefficient (Wildman–Crippen LogP) is 1.91. The van der Waals surface area contributed by atoms with Crippen LogP contribution in [0.1, 0.15) is 31.6 Å². The van der Waals surface area contributed by atoms with Gasteiger partial charge in [0.25, 0.3) is 5.56 Å². The van der Waals surface area contributed by atoms with Crippen LogP contribution < -0.4 is 5.56 Å². The Morgan fingerprint density at radius 3 is 2.93 bits per heavy atom. The number of aromatic amines is 1. The summed E-state index contributed by atoms with van der Waals surface area (Å²) in [6.45, 7) is 3.81. The van der Waals surface area contributed by atoms with Crippen molar-refractivity contribution < 1.29 is 4.74 Å². The first-order valence-corrected chi connectivity index (χ1v) is 5.46. The second kappa shape index (κ2) is 3.90. The van der Waals surface area contributed by atoms with E-state index in [-0.39, 0.29) is 17.9 Å². The molecule has 0 saturated carbocycles. The Morgan fingerprint density at radius 2 is 2.33 bits per heavy atom. The van der Waals surface area contributed by atoms with Crippen LogP contribution in [-0.4, -0.2) is 15.7 Å². The molecule has 1 saturated heterocycles. The van der Waals surface area contributed by atoms with Crippen molar-refractivity contribution in [2.75, 3.05) is 0 Å². The fraction of sp³-hybridized carbons (Fsp3) is 0.600. The van der Waals surface area contributed by atoms with Gasteiger partial charge in [0.15, 0.2) is 4.77 Å². The van der Waals surface area contributed by atoms with Crippen LogP contribution >= 0.6 is 12.2 Å². The molecular weight excluding hydrogens is 212 g/mol. The summed E-state index contributed by atoms with van der Waals surface area (Å²) in [4.78, 5) is 13.9. The maximum absolute atomic E-state index is 11.3. The largest absolute Gasteiger partial charge is 0.355 e. The first kappa shape index (κ1) is 10.6. The highest BCUT2D eigenvalue weighted by atomic mass is 32.1. The Kier molecular flexibility index (Phi) is 2.75. The topological polar surface area (TPSA) is 47.0 Å². The SMILES string of the molecule is Cc1cn([C@H]2CC[C@@H](C)O2)c(=S)[nH]c1=O. The van der Waals surface area contributed by atoms with Crippen molar-refractivity contribution in [3.63, 3.8) is 0 Å². The van der Waals surface area contributed by atoms with Crippen LogP contribution in [0.3, 0.4) is 0 Å². The first-order valence-electron chi connectivity index (χ1n) is 5.05. The van der Waals surface area contributed by atoms with Gasteiger partial charge in [-0.25, -0.2) is 0 Å². The molecule has 1 N–H and O–H groups in total. The molecule has 0 radical (unpaired) electrons. The quantitative estimate of drug-likeness (QED) is 0.744. The summed E-state index contributed by atoms with van der Waals surface area (Å²) in [6, 6.07) is 0. The van der Waals surface area contributed by atoms with Crippen LogP contribution in [0, 0.1) is 11.7 Å². The molecule has 0 unspecified atom stereocenters. The van der Waals surface area contributed by atoms with Crippen molar-refractivity contribution in [1.29, 1.82) is 0 Å². The number of aromatic nitrogens is 2. The van der Waals surface area contributed by atoms with Crippen LogP contribution in [0.5, 0.6) is 0 Å². The van der Waals surface area contributed by atoms with E-state index in [1.807, 2.05) is 11.5 Å². The third-order valence-electron chi connectivity index (χ3n) is 2.67. The van der Waals surface area contributed by atoms with Gasteiger partial charge in [0, 0.05) is 11.8 Å². The molecule has 2 rings (SSSR count). The van der Waals surface area contributed by atoms with E-state index < -0.39 is 0 Å². The molecule has 0 bridgehead atoms. The van der Waals surface area contributed by atoms with Crippen LogP contribution in [0.4, 0.5) is 0 Å². The number of H-pyrrole nitrogens is 1. The highest BCUT2D eigenvalue weighted by molar-refractivity contribution is 7.71. The number of hydrogen-bond acceptors (Lipinski definition) is 3. The van der Waals surface area contributed by atoms with Crippen molar-refractivity contribution in [2.45, 2.75) is 39.0 Å². The number of nitrogens with zero attached hydrogens (tertiary/aromatic N) is 1. The lowest BCUT2D eigenvalue weighted by Crippen LogP contribution is -2.19. The minimum absolute atomic E-state index is 0.0250. The van der Waals surface area contributed by atoms with E-state index in [1.165, 1.54) is 0 Å². The second-order valence-corrected chi connectivity index (χ2v) is 4.34. The van der Waals surface area contributed by atoms with Crippen molar-refractivity contribution in [2.24, 2.45) is 0 Å². The Labute approximate surface area is 92.9 Å². The zero-order chi connectivity index (χ0) is 11.0. The molecule has 0 spiro atoms. The maximum Gasteiger partial charge on any atom is 0.254 e. The highest BCUT2D eigenvalue weighted by Gasteiger charge is 2.23. The summed E-state index contributed by atoms with van der Waals surface area (Å²) in [5.41, 5.74) is 0.536. The van der Waals surface area contributed by atoms with Gasteiger partial charge in [0.1, 0.15) is 6.23 Å². The normalized spacial score (nSPS) is 25.7. The summed E-state index contributed by atoms with van der Waals surface area (Å²) in [7, 11) is 0. The van der Waals surface area contributed by atoms with E-state index in [2.05, 4.69) is 4.98 Å². The third-order valence-corrected chi connectivity index (χ3v) is 2.98. The van der Waals surface area contributed by atoms with Crippen molar-refractivity contribution >= 4 is 12.2 Å².